The van der Waals surface area contributed by atoms with Crippen LogP contribution in [0, 0.1) is 0 Å². The van der Waals surface area contributed by atoms with E-state index in [1.165, 1.54) is 5.56 Å². The number of H-pyrrole nitrogens is 2. The molecule has 6 aromatic rings. The van der Waals surface area contributed by atoms with Crippen LogP contribution in [0.4, 0.5) is 5.95 Å². The third kappa shape index (κ3) is 5.10. The van der Waals surface area contributed by atoms with Crippen molar-refractivity contribution in [1.82, 2.24) is 35.0 Å². The minimum atomic E-state index is -0.133. The van der Waals surface area contributed by atoms with Gasteiger partial charge in [-0.25, -0.2) is 4.98 Å². The Bertz CT molecular complexity index is 1840. The summed E-state index contributed by atoms with van der Waals surface area (Å²) in [6.45, 7) is 4.47. The van der Waals surface area contributed by atoms with Gasteiger partial charge in [-0.3, -0.25) is 14.7 Å². The molecule has 1 saturated heterocycles. The molecule has 0 atom stereocenters. The summed E-state index contributed by atoms with van der Waals surface area (Å²) in [4.78, 5) is 32.5. The average molecular weight is 541 g/mol. The van der Waals surface area contributed by atoms with Crippen LogP contribution < -0.4 is 10.5 Å². The van der Waals surface area contributed by atoms with Gasteiger partial charge in [0.05, 0.1) is 16.6 Å². The molecule has 0 amide bonds. The molecule has 5 heterocycles. The lowest BCUT2D eigenvalue weighted by atomic mass is 9.97. The smallest absolute Gasteiger partial charge is 0.257 e. The Hall–Kier alpha value is -5.15. The van der Waals surface area contributed by atoms with Gasteiger partial charge in [0, 0.05) is 56.2 Å². The van der Waals surface area contributed by atoms with Crippen LogP contribution in [-0.2, 0) is 6.54 Å². The van der Waals surface area contributed by atoms with E-state index in [-0.39, 0.29) is 5.56 Å². The van der Waals surface area contributed by atoms with Crippen LogP contribution in [0.5, 0.6) is 0 Å². The average Bonchev–Trinajstić information content (AvgIpc) is 3.53. The van der Waals surface area contributed by atoms with E-state index in [0.29, 0.717) is 16.7 Å². The normalized spacial score (nSPS) is 14.0. The second-order valence-corrected chi connectivity index (χ2v) is 10.2. The van der Waals surface area contributed by atoms with Gasteiger partial charge in [-0.15, -0.1) is 10.2 Å². The van der Waals surface area contributed by atoms with E-state index in [4.69, 9.17) is 4.98 Å². The molecule has 41 heavy (non-hydrogen) atoms. The zero-order chi connectivity index (χ0) is 27.6. The molecule has 0 unspecified atom stereocenters. The Morgan fingerprint density at radius 3 is 2.39 bits per heavy atom. The molecule has 7 rings (SSSR count). The summed E-state index contributed by atoms with van der Waals surface area (Å²) in [6, 6.07) is 28.3. The highest BCUT2D eigenvalue weighted by atomic mass is 16.1. The SMILES string of the molecule is O=c1[nH]ccc2nc(-c3ccc(CN4CCN(c5nnc(-c6ccccn6)[nH]5)CC4)cc3)c(-c3ccccc3)cc12. The van der Waals surface area contributed by atoms with Crippen LogP contribution in [0.15, 0.2) is 102 Å². The molecule has 0 spiro atoms. The number of nitrogens with one attached hydrogen (secondary N) is 2. The lowest BCUT2D eigenvalue weighted by Crippen LogP contribution is -2.46. The molecule has 9 nitrogen and oxygen atoms in total. The summed E-state index contributed by atoms with van der Waals surface area (Å²) in [7, 11) is 0. The molecular weight excluding hydrogens is 512 g/mol. The molecule has 2 aromatic carbocycles. The summed E-state index contributed by atoms with van der Waals surface area (Å²) in [6.07, 6.45) is 3.40. The number of piperazine rings is 1. The van der Waals surface area contributed by atoms with Crippen molar-refractivity contribution in [2.24, 2.45) is 0 Å². The highest BCUT2D eigenvalue weighted by Crippen LogP contribution is 2.33. The number of rotatable bonds is 6. The Kier molecular flexibility index (Phi) is 6.54. The van der Waals surface area contributed by atoms with E-state index < -0.39 is 0 Å². The molecule has 0 saturated carbocycles. The van der Waals surface area contributed by atoms with Crippen molar-refractivity contribution in [3.05, 3.63) is 113 Å². The van der Waals surface area contributed by atoms with Crippen LogP contribution in [0.2, 0.25) is 0 Å². The van der Waals surface area contributed by atoms with Gasteiger partial charge in [0.25, 0.3) is 5.56 Å². The van der Waals surface area contributed by atoms with Gasteiger partial charge in [-0.2, -0.15) is 0 Å². The van der Waals surface area contributed by atoms with Gasteiger partial charge < -0.3 is 14.9 Å². The fourth-order valence-corrected chi connectivity index (χ4v) is 5.33. The van der Waals surface area contributed by atoms with Gasteiger partial charge in [-0.1, -0.05) is 60.7 Å². The van der Waals surface area contributed by atoms with E-state index in [2.05, 4.69) is 71.3 Å². The number of pyridine rings is 3. The number of anilines is 1. The van der Waals surface area contributed by atoms with Gasteiger partial charge >= 0.3 is 0 Å². The van der Waals surface area contributed by atoms with Crippen molar-refractivity contribution >= 4 is 16.9 Å². The molecule has 0 radical (unpaired) electrons. The molecule has 1 aliphatic rings. The van der Waals surface area contributed by atoms with E-state index in [1.54, 1.807) is 12.4 Å². The van der Waals surface area contributed by atoms with Crippen molar-refractivity contribution in [2.45, 2.75) is 6.54 Å². The van der Waals surface area contributed by atoms with Crippen molar-refractivity contribution in [3.8, 4) is 33.9 Å². The first-order chi connectivity index (χ1) is 20.2. The third-order valence-corrected chi connectivity index (χ3v) is 7.52. The minimum absolute atomic E-state index is 0.133. The number of hydrogen-bond donors (Lipinski definition) is 2. The Morgan fingerprint density at radius 1 is 0.805 bits per heavy atom. The first-order valence-electron chi connectivity index (χ1n) is 13.7. The lowest BCUT2D eigenvalue weighted by molar-refractivity contribution is 0.249. The van der Waals surface area contributed by atoms with E-state index >= 15 is 0 Å². The second-order valence-electron chi connectivity index (χ2n) is 10.2. The molecule has 1 aliphatic heterocycles. The molecule has 2 N–H and O–H groups in total. The monoisotopic (exact) mass is 540 g/mol. The van der Waals surface area contributed by atoms with E-state index in [0.717, 1.165) is 66.8 Å². The number of hydrogen-bond acceptors (Lipinski definition) is 7. The molecule has 4 aromatic heterocycles. The summed E-state index contributed by atoms with van der Waals surface area (Å²) in [5.41, 5.74) is 6.45. The van der Waals surface area contributed by atoms with Crippen molar-refractivity contribution < 1.29 is 0 Å². The van der Waals surface area contributed by atoms with Gasteiger partial charge in [0.15, 0.2) is 5.82 Å². The Labute approximate surface area is 236 Å². The fraction of sp³-hybridized carbons (Fsp3) is 0.156. The number of aromatic nitrogens is 6. The van der Waals surface area contributed by atoms with Gasteiger partial charge in [0.2, 0.25) is 5.95 Å². The third-order valence-electron chi connectivity index (χ3n) is 7.52. The predicted molar refractivity (Wildman–Crippen MR) is 160 cm³/mol. The molecule has 0 bridgehead atoms. The molecular formula is C32H28N8O. The number of aromatic amines is 2. The fourth-order valence-electron chi connectivity index (χ4n) is 5.33. The lowest BCUT2D eigenvalue weighted by Gasteiger charge is -2.34. The van der Waals surface area contributed by atoms with Crippen molar-refractivity contribution in [2.75, 3.05) is 31.1 Å². The van der Waals surface area contributed by atoms with E-state index in [9.17, 15) is 4.79 Å². The standard InChI is InChI=1S/C32H28N8O/c41-31-26-20-25(23-6-2-1-3-7-23)29(35-27(26)13-15-34-31)24-11-9-22(10-12-24)21-39-16-18-40(19-17-39)32-36-30(37-38-32)28-8-4-5-14-33-28/h1-15,20H,16-19,21H2,(H,34,41)(H,36,37,38). The van der Waals surface area contributed by atoms with Crippen LogP contribution in [-0.4, -0.2) is 61.2 Å². The topological polar surface area (TPSA) is 107 Å². The maximum absolute atomic E-state index is 12.5. The van der Waals surface area contributed by atoms with Gasteiger partial charge in [0.1, 0.15) is 5.69 Å². The summed E-state index contributed by atoms with van der Waals surface area (Å²) >= 11 is 0. The molecule has 9 heteroatoms. The maximum Gasteiger partial charge on any atom is 0.257 e. The summed E-state index contributed by atoms with van der Waals surface area (Å²) in [5, 5.41) is 9.22. The van der Waals surface area contributed by atoms with E-state index in [1.807, 2.05) is 48.5 Å². The Morgan fingerprint density at radius 2 is 1.61 bits per heavy atom. The van der Waals surface area contributed by atoms with Crippen molar-refractivity contribution in [1.29, 1.82) is 0 Å². The van der Waals surface area contributed by atoms with Crippen LogP contribution in [0.1, 0.15) is 5.56 Å². The first kappa shape index (κ1) is 24.9. The minimum Gasteiger partial charge on any atom is -0.339 e. The Balaban J connectivity index is 1.06. The zero-order valence-electron chi connectivity index (χ0n) is 22.4. The molecule has 0 aliphatic carbocycles. The summed E-state index contributed by atoms with van der Waals surface area (Å²) in [5.74, 6) is 1.47. The van der Waals surface area contributed by atoms with Gasteiger partial charge in [-0.05, 0) is 35.4 Å². The predicted octanol–water partition coefficient (Wildman–Crippen LogP) is 4.76. The maximum atomic E-state index is 12.5. The second kappa shape index (κ2) is 10.8. The van der Waals surface area contributed by atoms with Crippen LogP contribution >= 0.6 is 0 Å². The quantitative estimate of drug-likeness (QED) is 0.314. The number of benzene rings is 2. The molecule has 202 valence electrons. The van der Waals surface area contributed by atoms with Crippen LogP contribution in [0.25, 0.3) is 44.8 Å². The number of fused-ring (bicyclic) bond motifs is 1. The summed E-state index contributed by atoms with van der Waals surface area (Å²) < 4.78 is 0. The highest BCUT2D eigenvalue weighted by molar-refractivity contribution is 5.91. The van der Waals surface area contributed by atoms with Crippen LogP contribution in [0.3, 0.4) is 0 Å². The highest BCUT2D eigenvalue weighted by Gasteiger charge is 2.21. The number of nitrogens with zero attached hydrogens (tertiary/aromatic N) is 6. The zero-order valence-corrected chi connectivity index (χ0v) is 22.4. The first-order valence-corrected chi connectivity index (χ1v) is 13.7. The molecule has 1 fully saturated rings. The largest absolute Gasteiger partial charge is 0.339 e. The van der Waals surface area contributed by atoms with Crippen molar-refractivity contribution in [3.63, 3.8) is 0 Å².